The maximum absolute atomic E-state index is 12.9. The van der Waals surface area contributed by atoms with Crippen LogP contribution < -0.4 is 56.7 Å². The molecule has 718 valence electrons. The smallest absolute Gasteiger partial charge is 0.327 e. The molecule has 0 saturated carbocycles. The number of aromatic amines is 2. The number of amides is 11. The third-order valence-corrected chi connectivity index (χ3v) is 23.7. The number of carbonyl (C=O) groups is 7. The van der Waals surface area contributed by atoms with Crippen LogP contribution in [0.15, 0.2) is 219 Å². The molecule has 15 rings (SSSR count). The summed E-state index contributed by atoms with van der Waals surface area (Å²) in [6, 6.07) is 55.1. The molecule has 14 aromatic rings. The maximum atomic E-state index is 12.9. The summed E-state index contributed by atoms with van der Waals surface area (Å²) in [6.45, 7) is 26.0. The molecule has 11 amide bonds. The highest BCUT2D eigenvalue weighted by Crippen LogP contribution is 2.33. The second-order valence-corrected chi connectivity index (χ2v) is 43.9. The summed E-state index contributed by atoms with van der Waals surface area (Å²) in [6.07, 6.45) is 7.41. The first-order chi connectivity index (χ1) is 64.2. The number of sulfonamides is 3. The van der Waals surface area contributed by atoms with Gasteiger partial charge in [0.15, 0.2) is 9.84 Å². The number of sulfone groups is 1. The lowest BCUT2D eigenvalue weighted by molar-refractivity contribution is 0.0972. The van der Waals surface area contributed by atoms with Crippen LogP contribution in [-0.2, 0) is 68.1 Å². The van der Waals surface area contributed by atoms with Crippen LogP contribution in [0.3, 0.4) is 0 Å². The predicted octanol–water partition coefficient (Wildman–Crippen LogP) is 14.4. The van der Waals surface area contributed by atoms with Crippen LogP contribution in [0.2, 0.25) is 5.02 Å². The molecule has 0 radical (unpaired) electrons. The molecule has 13 N–H and O–H groups in total. The number of carbonyl (C=O) groups excluding carboxylic acids is 7. The fourth-order valence-electron chi connectivity index (χ4n) is 13.1. The number of aromatic nitrogens is 13. The molecule has 1 aliphatic heterocycles. The average Bonchev–Trinajstić information content (AvgIpc) is 1.66. The number of imidazole rings is 1. The number of urea groups is 4. The van der Waals surface area contributed by atoms with Crippen molar-refractivity contribution in [2.75, 3.05) is 85.9 Å². The molecule has 137 heavy (non-hydrogen) atoms. The Hall–Kier alpha value is -15.0. The Morgan fingerprint density at radius 2 is 0.788 bits per heavy atom. The molecular weight excluding hydrogens is 1860 g/mol. The Kier molecular flexibility index (Phi) is 30.6. The molecule has 0 aliphatic carbocycles. The molecule has 40 nitrogen and oxygen atoms in total. The van der Waals surface area contributed by atoms with Gasteiger partial charge in [-0.1, -0.05) is 119 Å². The monoisotopic (exact) mass is 1960 g/mol. The second kappa shape index (κ2) is 41.5. The number of para-hydroxylation sites is 2. The van der Waals surface area contributed by atoms with E-state index in [0.29, 0.717) is 88.1 Å². The van der Waals surface area contributed by atoms with Crippen LogP contribution in [0.25, 0.3) is 44.7 Å². The molecule has 0 spiro atoms. The largest absolute Gasteiger partial charge is 0.361 e. The number of hydrogen-bond acceptors (Lipinski definition) is 23. The summed E-state index contributed by atoms with van der Waals surface area (Å²) >= 11 is 5.88. The molecule has 1 fully saturated rings. The number of fused-ring (bicyclic) bond motifs is 2. The lowest BCUT2D eigenvalue weighted by Crippen LogP contribution is -2.39. The van der Waals surface area contributed by atoms with E-state index in [-0.39, 0.29) is 55.9 Å². The lowest BCUT2D eigenvalue weighted by Gasteiger charge is -2.26. The van der Waals surface area contributed by atoms with Crippen molar-refractivity contribution in [3.8, 4) is 22.7 Å². The van der Waals surface area contributed by atoms with Crippen molar-refractivity contribution >= 4 is 162 Å². The van der Waals surface area contributed by atoms with E-state index in [1.807, 2.05) is 162 Å². The molecule has 0 bridgehead atoms. The molecule has 1 saturated heterocycles. The van der Waals surface area contributed by atoms with Crippen LogP contribution in [-0.4, -0.2) is 188 Å². The van der Waals surface area contributed by atoms with Crippen LogP contribution in [0.5, 0.6) is 0 Å². The van der Waals surface area contributed by atoms with Crippen LogP contribution in [0.1, 0.15) is 142 Å². The summed E-state index contributed by atoms with van der Waals surface area (Å²) in [4.78, 5) is 107. The van der Waals surface area contributed by atoms with Crippen molar-refractivity contribution < 1.29 is 67.2 Å². The predicted molar refractivity (Wildman–Crippen MR) is 528 cm³/mol. The molecule has 45 heteroatoms. The molecule has 0 unspecified atom stereocenters. The number of nitrogens with one attached hydrogen (secondary N) is 13. The van der Waals surface area contributed by atoms with Crippen molar-refractivity contribution in [1.82, 2.24) is 83.1 Å². The number of hydrogen-bond donors (Lipinski definition) is 13. The lowest BCUT2D eigenvalue weighted by atomic mass is 9.92. The minimum atomic E-state index is -3.68. The van der Waals surface area contributed by atoms with Gasteiger partial charge in [-0.05, 0) is 157 Å². The van der Waals surface area contributed by atoms with Gasteiger partial charge in [-0.3, -0.25) is 51.2 Å². The van der Waals surface area contributed by atoms with Gasteiger partial charge in [0.1, 0.15) is 35.4 Å². The van der Waals surface area contributed by atoms with Gasteiger partial charge in [-0.25, -0.2) is 101 Å². The third kappa shape index (κ3) is 28.8. The van der Waals surface area contributed by atoms with Gasteiger partial charge in [0.2, 0.25) is 36.0 Å². The highest BCUT2D eigenvalue weighted by molar-refractivity contribution is 7.91. The van der Waals surface area contributed by atoms with Crippen molar-refractivity contribution in [2.45, 2.75) is 111 Å². The first-order valence-electron chi connectivity index (χ1n) is 42.4. The van der Waals surface area contributed by atoms with E-state index >= 15 is 0 Å². The van der Waals surface area contributed by atoms with E-state index in [4.69, 9.17) is 16.7 Å². The molecule has 0 atom stereocenters. The highest BCUT2D eigenvalue weighted by atomic mass is 35.5. The summed E-state index contributed by atoms with van der Waals surface area (Å²) in [7, 11) is -13.9. The van der Waals surface area contributed by atoms with Gasteiger partial charge in [0, 0.05) is 122 Å². The standard InChI is InChI=1S/C27H32N6O3S.C23H25N7O4S.C22H24ClN5O4S.C20H23N7O4S/c1-27(2,3)24-17-25(30-26(34)29-21-6-9-23-20(16-21)10-11-28-23)33(31-24)22-7-4-19(5-8-22)18-32-12-14-37(35,36)15-13-32;1-23(2,3)18-13-19(26-22(32)27-21-24-16-7-5-6-8-17(16)25-21)30(28-18)15-11-9-14(10-12-15)20(31)29-35(4,33)34;1-22(2,3)18-13-19(25-21(30)24-16-9-7-15(23)8-10-16)28(26-18)17-11-5-14(6-12-17)20(29)27-33(4,31)32;1-20(2,3)15-11-17(24-19(29)23-16-9-10-21-12-22-16)27(25-15)14-7-5-13(6-8-14)18(28)26-32(4,30)31/h4-11,16-17,28H,12-15,18H2,1-3H3,(H2,29,30,34);5-13H,1-4H3,(H,29,31)(H3,24,25,26,27,32);5-13H,1-4H3,(H,27,29)(H2,24,25,30);5-12H,1-4H3,(H,26,28)(H2,21,22,23,24,29). The average molecular weight is 1960 g/mol. The number of H-pyrrole nitrogens is 2. The maximum Gasteiger partial charge on any atom is 0.327 e. The van der Waals surface area contributed by atoms with Gasteiger partial charge in [-0.15, -0.1) is 0 Å². The fourth-order valence-corrected chi connectivity index (χ4v) is 15.9. The zero-order chi connectivity index (χ0) is 99.5. The van der Waals surface area contributed by atoms with E-state index in [0.717, 1.165) is 74.7 Å². The minimum Gasteiger partial charge on any atom is -0.361 e. The van der Waals surface area contributed by atoms with Crippen molar-refractivity contribution in [3.63, 3.8) is 0 Å². The number of halogens is 1. The van der Waals surface area contributed by atoms with E-state index in [1.165, 1.54) is 58.3 Å². The number of anilines is 8. The summed E-state index contributed by atoms with van der Waals surface area (Å²) in [5.41, 5.74) is 9.89. The van der Waals surface area contributed by atoms with E-state index in [2.05, 4.69) is 108 Å². The van der Waals surface area contributed by atoms with Gasteiger partial charge < -0.3 is 20.6 Å². The minimum absolute atomic E-state index is 0.165. The van der Waals surface area contributed by atoms with Crippen molar-refractivity contribution in [2.24, 2.45) is 0 Å². The molecule has 8 heterocycles. The Morgan fingerprint density at radius 3 is 1.17 bits per heavy atom. The fraction of sp³-hybridized carbons (Fsp3) is 0.261. The van der Waals surface area contributed by atoms with Crippen LogP contribution in [0, 0.1) is 0 Å². The summed E-state index contributed by atoms with van der Waals surface area (Å²) < 4.78 is 103. The Morgan fingerprint density at radius 1 is 0.416 bits per heavy atom. The van der Waals surface area contributed by atoms with Gasteiger partial charge >= 0.3 is 24.1 Å². The van der Waals surface area contributed by atoms with Crippen molar-refractivity contribution in [3.05, 3.63) is 269 Å². The molecule has 7 aromatic heterocycles. The van der Waals surface area contributed by atoms with Gasteiger partial charge in [0.25, 0.3) is 17.7 Å². The van der Waals surface area contributed by atoms with E-state index < -0.39 is 75.7 Å². The highest BCUT2D eigenvalue weighted by Gasteiger charge is 2.29. The number of rotatable bonds is 20. The van der Waals surface area contributed by atoms with Crippen LogP contribution in [0.4, 0.5) is 65.6 Å². The zero-order valence-electron chi connectivity index (χ0n) is 77.3. The van der Waals surface area contributed by atoms with E-state index in [1.54, 1.807) is 94.3 Å². The van der Waals surface area contributed by atoms with Gasteiger partial charge in [-0.2, -0.15) is 20.4 Å². The molecule has 1 aliphatic rings. The summed E-state index contributed by atoms with van der Waals surface area (Å²) in [5.74, 6) is 0.628. The Labute approximate surface area is 795 Å². The molecular formula is C92H104ClN25O15S4. The quantitative estimate of drug-likeness (QED) is 0.0337. The Balaban J connectivity index is 0.000000164. The number of nitrogens with zero attached hydrogens (tertiary/aromatic N) is 12. The molecule has 7 aromatic carbocycles. The van der Waals surface area contributed by atoms with Crippen molar-refractivity contribution in [1.29, 1.82) is 0 Å². The Bertz CT molecular complexity index is 7240. The van der Waals surface area contributed by atoms with E-state index in [9.17, 15) is 67.2 Å². The topological polar surface area (TPSA) is 533 Å². The summed E-state index contributed by atoms with van der Waals surface area (Å²) in [5, 5.41) is 42.5. The first-order valence-corrected chi connectivity index (χ1v) is 50.2. The zero-order valence-corrected chi connectivity index (χ0v) is 81.3. The van der Waals surface area contributed by atoms with Gasteiger partial charge in [0.05, 0.1) is 86.8 Å². The third-order valence-electron chi connectivity index (χ3n) is 20.2. The number of benzene rings is 7. The van der Waals surface area contributed by atoms with Crippen LogP contribution >= 0.6 is 11.6 Å². The first kappa shape index (κ1) is 101. The second-order valence-electron chi connectivity index (χ2n) is 36.0. The SMILES string of the molecule is CC(C)(C)c1cc(NC(=O)Nc2ccc(Cl)cc2)n(-c2ccc(C(=O)NS(C)(=O)=O)cc2)n1.CC(C)(C)c1cc(NC(=O)Nc2ccc3[nH]ccc3c2)n(-c2ccc(CN3CCS(=O)(=O)CC3)cc2)n1.CC(C)(C)c1cc(NC(=O)Nc2ccncn2)n(-c2ccc(C(=O)NS(C)(=O)=O)cc2)n1.CC(C)(C)c1cc(NC(=O)Nc2nc3ccccc3[nH]2)n(-c2ccc(C(=O)NS(C)(=O)=O)cc2)n1. The normalized spacial score (nSPS) is 12.9.